The molecule has 1 aromatic heterocycles. The molecule has 74 valence electrons. The SMILES string of the molecule is CC(=O)N/C(=C/c1cc[se]c1)C(=O)O. The van der Waals surface area contributed by atoms with Crippen molar-refractivity contribution in [1.82, 2.24) is 5.32 Å². The summed E-state index contributed by atoms with van der Waals surface area (Å²) >= 11 is 0.311. The molecule has 0 bridgehead atoms. The number of carboxylic acid groups (broad SMARTS) is 1. The van der Waals surface area contributed by atoms with Gasteiger partial charge in [-0.2, -0.15) is 0 Å². The number of rotatable bonds is 3. The summed E-state index contributed by atoms with van der Waals surface area (Å²) in [4.78, 5) is 25.3. The molecular formula is C9H9NO3Se. The Balaban J connectivity index is 2.88. The van der Waals surface area contributed by atoms with Gasteiger partial charge in [-0.1, -0.05) is 0 Å². The van der Waals surface area contributed by atoms with E-state index in [-0.39, 0.29) is 11.6 Å². The molecule has 4 nitrogen and oxygen atoms in total. The minimum absolute atomic E-state index is 0.0916. The van der Waals surface area contributed by atoms with Crippen LogP contribution >= 0.6 is 0 Å². The first-order valence-corrected chi connectivity index (χ1v) is 5.82. The van der Waals surface area contributed by atoms with E-state index in [9.17, 15) is 9.59 Å². The fourth-order valence-electron chi connectivity index (χ4n) is 0.865. The summed E-state index contributed by atoms with van der Waals surface area (Å²) in [6.07, 6.45) is 1.45. The third kappa shape index (κ3) is 3.20. The molecule has 0 aliphatic carbocycles. The average molecular weight is 258 g/mol. The van der Waals surface area contributed by atoms with Gasteiger partial charge in [-0.05, 0) is 0 Å². The molecule has 0 spiro atoms. The Morgan fingerprint density at radius 1 is 1.57 bits per heavy atom. The molecule has 5 heteroatoms. The number of nitrogens with one attached hydrogen (secondary N) is 1. The molecule has 0 atom stereocenters. The molecule has 1 aromatic rings. The third-order valence-corrected chi connectivity index (χ3v) is 2.87. The Morgan fingerprint density at radius 3 is 2.71 bits per heavy atom. The fourth-order valence-corrected chi connectivity index (χ4v) is 2.16. The van der Waals surface area contributed by atoms with Crippen molar-refractivity contribution < 1.29 is 14.7 Å². The first-order chi connectivity index (χ1) is 6.59. The van der Waals surface area contributed by atoms with E-state index in [1.807, 2.05) is 15.9 Å². The second-order valence-electron chi connectivity index (χ2n) is 2.60. The summed E-state index contributed by atoms with van der Waals surface area (Å²) in [5, 5.41) is 11.0. The van der Waals surface area contributed by atoms with Gasteiger partial charge in [0.25, 0.3) is 0 Å². The van der Waals surface area contributed by atoms with E-state index in [2.05, 4.69) is 5.32 Å². The molecule has 14 heavy (non-hydrogen) atoms. The van der Waals surface area contributed by atoms with Gasteiger partial charge in [-0.25, -0.2) is 0 Å². The van der Waals surface area contributed by atoms with Gasteiger partial charge in [0.15, 0.2) is 0 Å². The zero-order chi connectivity index (χ0) is 10.6. The molecule has 0 saturated heterocycles. The van der Waals surface area contributed by atoms with Crippen LogP contribution in [0.25, 0.3) is 6.08 Å². The van der Waals surface area contributed by atoms with E-state index < -0.39 is 5.97 Å². The summed E-state index contributed by atoms with van der Waals surface area (Å²) in [7, 11) is 0. The van der Waals surface area contributed by atoms with Crippen LogP contribution in [0.3, 0.4) is 0 Å². The molecule has 0 unspecified atom stereocenters. The van der Waals surface area contributed by atoms with Gasteiger partial charge < -0.3 is 0 Å². The van der Waals surface area contributed by atoms with E-state index in [0.717, 1.165) is 5.56 Å². The molecule has 0 aliphatic heterocycles. The van der Waals surface area contributed by atoms with Crippen molar-refractivity contribution in [2.75, 3.05) is 0 Å². The van der Waals surface area contributed by atoms with Crippen molar-refractivity contribution in [3.63, 3.8) is 0 Å². The van der Waals surface area contributed by atoms with Gasteiger partial charge in [0.2, 0.25) is 0 Å². The quantitative estimate of drug-likeness (QED) is 0.605. The van der Waals surface area contributed by atoms with Crippen molar-refractivity contribution in [2.45, 2.75) is 6.92 Å². The average Bonchev–Trinajstić information content (AvgIpc) is 2.54. The summed E-state index contributed by atoms with van der Waals surface area (Å²) in [5.74, 6) is -1.51. The zero-order valence-corrected chi connectivity index (χ0v) is 9.19. The molecular weight excluding hydrogens is 249 g/mol. The number of carbonyl (C=O) groups excluding carboxylic acids is 1. The number of amides is 1. The predicted octanol–water partition coefficient (Wildman–Crippen LogP) is 0.305. The van der Waals surface area contributed by atoms with Crippen LogP contribution in [0.5, 0.6) is 0 Å². The second-order valence-corrected chi connectivity index (χ2v) is 4.24. The summed E-state index contributed by atoms with van der Waals surface area (Å²) < 4.78 is 0. The van der Waals surface area contributed by atoms with Crippen molar-refractivity contribution >= 4 is 32.5 Å². The van der Waals surface area contributed by atoms with E-state index in [1.165, 1.54) is 13.0 Å². The van der Waals surface area contributed by atoms with Gasteiger partial charge >= 0.3 is 86.6 Å². The van der Waals surface area contributed by atoms with Crippen molar-refractivity contribution in [3.8, 4) is 0 Å². The predicted molar refractivity (Wildman–Crippen MR) is 52.8 cm³/mol. The molecule has 0 aliphatic rings. The van der Waals surface area contributed by atoms with Crippen molar-refractivity contribution in [2.24, 2.45) is 0 Å². The van der Waals surface area contributed by atoms with Crippen LogP contribution < -0.4 is 5.32 Å². The van der Waals surface area contributed by atoms with Gasteiger partial charge in [-0.15, -0.1) is 0 Å². The normalized spacial score (nSPS) is 11.1. The number of hydrogen-bond acceptors (Lipinski definition) is 2. The number of carbonyl (C=O) groups is 2. The monoisotopic (exact) mass is 259 g/mol. The molecule has 1 heterocycles. The molecule has 2 N–H and O–H groups in total. The van der Waals surface area contributed by atoms with Gasteiger partial charge in [0.1, 0.15) is 0 Å². The maximum absolute atomic E-state index is 10.7. The standard InChI is InChI=1S/C9H9NO3Se/c1-6(11)10-8(9(12)13)4-7-2-3-14-5-7/h2-5H,1H3,(H,10,11)(H,12,13)/b8-4+. The third-order valence-electron chi connectivity index (χ3n) is 1.40. The van der Waals surface area contributed by atoms with E-state index in [1.54, 1.807) is 0 Å². The van der Waals surface area contributed by atoms with Gasteiger partial charge in [-0.3, -0.25) is 0 Å². The van der Waals surface area contributed by atoms with Gasteiger partial charge in [0.05, 0.1) is 0 Å². The zero-order valence-electron chi connectivity index (χ0n) is 7.48. The summed E-state index contributed by atoms with van der Waals surface area (Å²) in [6, 6.07) is 1.84. The molecule has 0 aromatic carbocycles. The Hall–Kier alpha value is -1.32. The molecule has 0 saturated carbocycles. The number of carboxylic acids is 1. The van der Waals surface area contributed by atoms with Crippen LogP contribution in [0.2, 0.25) is 0 Å². The van der Waals surface area contributed by atoms with Crippen LogP contribution in [-0.4, -0.2) is 31.5 Å². The Kier molecular flexibility index (Phi) is 3.68. The van der Waals surface area contributed by atoms with Crippen LogP contribution in [-0.2, 0) is 9.59 Å². The Morgan fingerprint density at radius 2 is 2.29 bits per heavy atom. The van der Waals surface area contributed by atoms with E-state index in [0.29, 0.717) is 14.5 Å². The fraction of sp³-hybridized carbons (Fsp3) is 0.111. The number of hydrogen-bond donors (Lipinski definition) is 2. The first kappa shape index (κ1) is 10.8. The molecule has 1 amide bonds. The molecule has 0 fully saturated rings. The van der Waals surface area contributed by atoms with Crippen molar-refractivity contribution in [3.05, 3.63) is 27.2 Å². The Labute approximate surface area is 87.0 Å². The first-order valence-electron chi connectivity index (χ1n) is 3.84. The minimum atomic E-state index is -1.13. The molecule has 0 radical (unpaired) electrons. The molecule has 1 rings (SSSR count). The maximum atomic E-state index is 10.7. The summed E-state index contributed by atoms with van der Waals surface area (Å²) in [6.45, 7) is 1.28. The van der Waals surface area contributed by atoms with Crippen molar-refractivity contribution in [1.29, 1.82) is 0 Å². The number of aliphatic carboxylic acids is 1. The Bertz CT molecular complexity index is 367. The second kappa shape index (κ2) is 4.79. The topological polar surface area (TPSA) is 66.4 Å². The van der Waals surface area contributed by atoms with Crippen LogP contribution in [0.15, 0.2) is 21.6 Å². The summed E-state index contributed by atoms with van der Waals surface area (Å²) in [5.41, 5.74) is 0.738. The van der Waals surface area contributed by atoms with Crippen LogP contribution in [0.1, 0.15) is 12.5 Å². The van der Waals surface area contributed by atoms with E-state index >= 15 is 0 Å². The van der Waals surface area contributed by atoms with Gasteiger partial charge in [0, 0.05) is 0 Å². The van der Waals surface area contributed by atoms with Crippen LogP contribution in [0, 0.1) is 0 Å². The van der Waals surface area contributed by atoms with E-state index in [4.69, 9.17) is 5.11 Å². The van der Waals surface area contributed by atoms with Crippen LogP contribution in [0.4, 0.5) is 0 Å².